The van der Waals surface area contributed by atoms with E-state index in [0.717, 1.165) is 40.8 Å². The SMILES string of the molecule is O=S(=O)(c1ccccc1C(F)(F)F)N1CCN(c2cc(C3CC3)ncn2)CC1. The van der Waals surface area contributed by atoms with Gasteiger partial charge in [0.2, 0.25) is 10.0 Å². The molecule has 0 radical (unpaired) electrons. The van der Waals surface area contributed by atoms with Crippen LogP contribution in [0.2, 0.25) is 0 Å². The summed E-state index contributed by atoms with van der Waals surface area (Å²) < 4.78 is 66.5. The van der Waals surface area contributed by atoms with E-state index in [1.54, 1.807) is 0 Å². The van der Waals surface area contributed by atoms with Gasteiger partial charge in [-0.05, 0) is 25.0 Å². The van der Waals surface area contributed by atoms with Gasteiger partial charge in [0.25, 0.3) is 0 Å². The van der Waals surface area contributed by atoms with Crippen molar-refractivity contribution >= 4 is 15.8 Å². The number of anilines is 1. The number of aromatic nitrogens is 2. The third-order valence-corrected chi connectivity index (χ3v) is 7.00. The molecule has 2 fully saturated rings. The van der Waals surface area contributed by atoms with Crippen LogP contribution in [0.25, 0.3) is 0 Å². The highest BCUT2D eigenvalue weighted by atomic mass is 32.2. The first-order valence-electron chi connectivity index (χ1n) is 9.00. The lowest BCUT2D eigenvalue weighted by atomic mass is 10.2. The second-order valence-corrected chi connectivity index (χ2v) is 8.87. The lowest BCUT2D eigenvalue weighted by Gasteiger charge is -2.35. The van der Waals surface area contributed by atoms with Crippen molar-refractivity contribution in [3.63, 3.8) is 0 Å². The van der Waals surface area contributed by atoms with Crippen LogP contribution in [0.15, 0.2) is 41.6 Å². The van der Waals surface area contributed by atoms with Gasteiger partial charge >= 0.3 is 6.18 Å². The largest absolute Gasteiger partial charge is 0.417 e. The third kappa shape index (κ3) is 3.70. The maximum atomic E-state index is 13.2. The van der Waals surface area contributed by atoms with Gasteiger partial charge in [-0.2, -0.15) is 17.5 Å². The normalized spacial score (nSPS) is 19.0. The van der Waals surface area contributed by atoms with E-state index in [-0.39, 0.29) is 13.1 Å². The minimum absolute atomic E-state index is 0.0945. The van der Waals surface area contributed by atoms with Crippen molar-refractivity contribution in [3.8, 4) is 0 Å². The Kier molecular flexibility index (Phi) is 4.78. The standard InChI is InChI=1S/C18H19F3N4O2S/c19-18(20,21)14-3-1-2-4-16(14)28(26,27)25-9-7-24(8-10-25)17-11-15(13-5-6-13)22-12-23-17/h1-4,11-13H,5-10H2. The molecule has 1 aliphatic heterocycles. The van der Waals surface area contributed by atoms with Gasteiger partial charge in [0.15, 0.2) is 0 Å². The quantitative estimate of drug-likeness (QED) is 0.773. The molecule has 0 amide bonds. The highest BCUT2D eigenvalue weighted by Gasteiger charge is 2.39. The lowest BCUT2D eigenvalue weighted by Crippen LogP contribution is -2.49. The molecular formula is C18H19F3N4O2S. The van der Waals surface area contributed by atoms with Crippen molar-refractivity contribution in [2.45, 2.75) is 29.8 Å². The van der Waals surface area contributed by atoms with E-state index < -0.39 is 26.7 Å². The number of sulfonamides is 1. The molecule has 1 aliphatic carbocycles. The second kappa shape index (κ2) is 7.00. The van der Waals surface area contributed by atoms with E-state index in [9.17, 15) is 21.6 Å². The number of halogens is 3. The average Bonchev–Trinajstić information content (AvgIpc) is 3.53. The highest BCUT2D eigenvalue weighted by molar-refractivity contribution is 7.89. The Morgan fingerprint density at radius 2 is 1.68 bits per heavy atom. The fraction of sp³-hybridized carbons (Fsp3) is 0.444. The molecular weight excluding hydrogens is 393 g/mol. The van der Waals surface area contributed by atoms with Crippen LogP contribution in [0.4, 0.5) is 19.0 Å². The van der Waals surface area contributed by atoms with Crippen molar-refractivity contribution in [1.29, 1.82) is 0 Å². The molecule has 0 N–H and O–H groups in total. The van der Waals surface area contributed by atoms with Crippen molar-refractivity contribution in [1.82, 2.24) is 14.3 Å². The molecule has 4 rings (SSSR count). The molecule has 2 heterocycles. The van der Waals surface area contributed by atoms with Crippen molar-refractivity contribution in [2.75, 3.05) is 31.1 Å². The molecule has 2 aliphatic rings. The topological polar surface area (TPSA) is 66.4 Å². The van der Waals surface area contributed by atoms with Gasteiger partial charge in [-0.25, -0.2) is 18.4 Å². The van der Waals surface area contributed by atoms with E-state index in [1.165, 1.54) is 18.5 Å². The maximum Gasteiger partial charge on any atom is 0.417 e. The van der Waals surface area contributed by atoms with Gasteiger partial charge in [-0.3, -0.25) is 0 Å². The maximum absolute atomic E-state index is 13.2. The molecule has 150 valence electrons. The molecule has 0 unspecified atom stereocenters. The van der Waals surface area contributed by atoms with Gasteiger partial charge < -0.3 is 4.90 Å². The summed E-state index contributed by atoms with van der Waals surface area (Å²) in [5, 5.41) is 0. The third-order valence-electron chi connectivity index (χ3n) is 5.04. The summed E-state index contributed by atoms with van der Waals surface area (Å²) in [4.78, 5) is 9.78. The predicted molar refractivity (Wildman–Crippen MR) is 96.4 cm³/mol. The monoisotopic (exact) mass is 412 g/mol. The minimum Gasteiger partial charge on any atom is -0.354 e. The van der Waals surface area contributed by atoms with E-state index in [0.29, 0.717) is 19.0 Å². The average molecular weight is 412 g/mol. The van der Waals surface area contributed by atoms with E-state index in [1.807, 2.05) is 11.0 Å². The summed E-state index contributed by atoms with van der Waals surface area (Å²) in [6.45, 7) is 0.900. The molecule has 6 nitrogen and oxygen atoms in total. The van der Waals surface area contributed by atoms with Gasteiger partial charge in [0.1, 0.15) is 12.1 Å². The smallest absolute Gasteiger partial charge is 0.354 e. The van der Waals surface area contributed by atoms with Crippen LogP contribution < -0.4 is 4.90 Å². The molecule has 0 bridgehead atoms. The van der Waals surface area contributed by atoms with Gasteiger partial charge in [0.05, 0.1) is 10.5 Å². The predicted octanol–water partition coefficient (Wildman–Crippen LogP) is 2.88. The van der Waals surface area contributed by atoms with Crippen LogP contribution in [0, 0.1) is 0 Å². The van der Waals surface area contributed by atoms with Gasteiger partial charge in [-0.1, -0.05) is 12.1 Å². The second-order valence-electron chi connectivity index (χ2n) is 6.96. The summed E-state index contributed by atoms with van der Waals surface area (Å²) in [6, 6.07) is 6.21. The van der Waals surface area contributed by atoms with Crippen molar-refractivity contribution in [2.24, 2.45) is 0 Å². The molecule has 1 saturated heterocycles. The van der Waals surface area contributed by atoms with Gasteiger partial charge in [0, 0.05) is 43.9 Å². The number of hydrogen-bond acceptors (Lipinski definition) is 5. The van der Waals surface area contributed by atoms with Crippen LogP contribution in [-0.2, 0) is 16.2 Å². The van der Waals surface area contributed by atoms with Gasteiger partial charge in [-0.15, -0.1) is 0 Å². The molecule has 2 aromatic rings. The van der Waals surface area contributed by atoms with Crippen molar-refractivity contribution in [3.05, 3.63) is 47.9 Å². The first-order chi connectivity index (χ1) is 13.3. The summed E-state index contributed by atoms with van der Waals surface area (Å²) >= 11 is 0. The Balaban J connectivity index is 1.51. The zero-order valence-electron chi connectivity index (χ0n) is 14.9. The number of piperazine rings is 1. The van der Waals surface area contributed by atoms with E-state index >= 15 is 0 Å². The first-order valence-corrected chi connectivity index (χ1v) is 10.4. The first kappa shape index (κ1) is 19.1. The zero-order chi connectivity index (χ0) is 19.9. The fourth-order valence-electron chi connectivity index (χ4n) is 3.36. The number of rotatable bonds is 4. The molecule has 1 saturated carbocycles. The Morgan fingerprint density at radius 3 is 2.32 bits per heavy atom. The summed E-state index contributed by atoms with van der Waals surface area (Å²) in [6.07, 6.45) is -1.00. The van der Waals surface area contributed by atoms with E-state index in [4.69, 9.17) is 0 Å². The number of alkyl halides is 3. The molecule has 10 heteroatoms. The van der Waals surface area contributed by atoms with Crippen LogP contribution in [0.3, 0.4) is 0 Å². The Bertz CT molecular complexity index is 969. The van der Waals surface area contributed by atoms with E-state index in [2.05, 4.69) is 9.97 Å². The summed E-state index contributed by atoms with van der Waals surface area (Å²) in [5.41, 5.74) is -0.151. The van der Waals surface area contributed by atoms with Crippen LogP contribution in [0.1, 0.15) is 30.0 Å². The molecule has 1 aromatic carbocycles. The highest BCUT2D eigenvalue weighted by Crippen LogP contribution is 2.39. The Morgan fingerprint density at radius 1 is 1.00 bits per heavy atom. The zero-order valence-corrected chi connectivity index (χ0v) is 15.7. The molecule has 28 heavy (non-hydrogen) atoms. The van der Waals surface area contributed by atoms with Crippen LogP contribution in [-0.4, -0.2) is 48.9 Å². The van der Waals surface area contributed by atoms with Crippen molar-refractivity contribution < 1.29 is 21.6 Å². The number of hydrogen-bond donors (Lipinski definition) is 0. The number of nitrogens with zero attached hydrogens (tertiary/aromatic N) is 4. The summed E-state index contributed by atoms with van der Waals surface area (Å²) in [5.74, 6) is 1.20. The van der Waals surface area contributed by atoms with Crippen LogP contribution >= 0.6 is 0 Å². The molecule has 1 aromatic heterocycles. The molecule has 0 spiro atoms. The minimum atomic E-state index is -4.73. The van der Waals surface area contributed by atoms with Crippen LogP contribution in [0.5, 0.6) is 0 Å². The lowest BCUT2D eigenvalue weighted by molar-refractivity contribution is -0.139. The Hall–Kier alpha value is -2.20. The number of benzene rings is 1. The Labute approximate surface area is 161 Å². The molecule has 0 atom stereocenters. The fourth-order valence-corrected chi connectivity index (χ4v) is 4.99. The summed E-state index contributed by atoms with van der Waals surface area (Å²) in [7, 11) is -4.24.